The number of hydrogen-bond acceptors (Lipinski definition) is 3. The highest BCUT2D eigenvalue weighted by molar-refractivity contribution is 5.85. The monoisotopic (exact) mass is 263 g/mol. The molecule has 0 fully saturated rings. The number of amidine groups is 1. The molecule has 0 aliphatic carbocycles. The summed E-state index contributed by atoms with van der Waals surface area (Å²) in [4.78, 5) is 0. The zero-order valence-corrected chi connectivity index (χ0v) is 12.1. The average molecular weight is 263 g/mol. The van der Waals surface area contributed by atoms with Gasteiger partial charge in [-0.25, -0.2) is 0 Å². The molecule has 0 aromatic heterocycles. The molecule has 19 heavy (non-hydrogen) atoms. The SMILES string of the molecule is CCc1ccccc1CNCCC(C)(C)C(N)=NO. The molecular weight excluding hydrogens is 238 g/mol. The van der Waals surface area contributed by atoms with E-state index in [1.54, 1.807) is 0 Å². The molecule has 0 atom stereocenters. The van der Waals surface area contributed by atoms with E-state index in [0.29, 0.717) is 0 Å². The molecule has 4 nitrogen and oxygen atoms in total. The Hall–Kier alpha value is -1.55. The third-order valence-electron chi connectivity index (χ3n) is 3.54. The van der Waals surface area contributed by atoms with E-state index >= 15 is 0 Å². The number of oxime groups is 1. The molecule has 4 N–H and O–H groups in total. The zero-order valence-electron chi connectivity index (χ0n) is 12.1. The van der Waals surface area contributed by atoms with Crippen molar-refractivity contribution in [1.82, 2.24) is 5.32 Å². The first-order chi connectivity index (χ1) is 9.01. The van der Waals surface area contributed by atoms with Crippen molar-refractivity contribution in [2.24, 2.45) is 16.3 Å². The fourth-order valence-corrected chi connectivity index (χ4v) is 1.96. The summed E-state index contributed by atoms with van der Waals surface area (Å²) in [6.07, 6.45) is 1.88. The quantitative estimate of drug-likeness (QED) is 0.233. The Kier molecular flexibility index (Phi) is 5.83. The van der Waals surface area contributed by atoms with Gasteiger partial charge in [-0.15, -0.1) is 0 Å². The maximum absolute atomic E-state index is 8.72. The lowest BCUT2D eigenvalue weighted by Gasteiger charge is -2.22. The van der Waals surface area contributed by atoms with Crippen LogP contribution in [0.1, 0.15) is 38.3 Å². The van der Waals surface area contributed by atoms with Crippen LogP contribution < -0.4 is 11.1 Å². The van der Waals surface area contributed by atoms with Gasteiger partial charge in [0.1, 0.15) is 5.84 Å². The molecule has 0 saturated carbocycles. The predicted molar refractivity (Wildman–Crippen MR) is 79.3 cm³/mol. The summed E-state index contributed by atoms with van der Waals surface area (Å²) < 4.78 is 0. The summed E-state index contributed by atoms with van der Waals surface area (Å²) in [5.74, 6) is 0.281. The Morgan fingerprint density at radius 1 is 1.32 bits per heavy atom. The molecule has 106 valence electrons. The smallest absolute Gasteiger partial charge is 0.144 e. The first-order valence-electron chi connectivity index (χ1n) is 6.76. The molecule has 0 spiro atoms. The molecule has 0 unspecified atom stereocenters. The molecule has 0 heterocycles. The van der Waals surface area contributed by atoms with Crippen molar-refractivity contribution in [1.29, 1.82) is 0 Å². The van der Waals surface area contributed by atoms with Crippen molar-refractivity contribution in [2.45, 2.75) is 40.2 Å². The van der Waals surface area contributed by atoms with Gasteiger partial charge in [0.25, 0.3) is 0 Å². The highest BCUT2D eigenvalue weighted by atomic mass is 16.4. The van der Waals surface area contributed by atoms with Crippen LogP contribution in [-0.2, 0) is 13.0 Å². The van der Waals surface area contributed by atoms with Crippen LogP contribution in [0.2, 0.25) is 0 Å². The summed E-state index contributed by atoms with van der Waals surface area (Å²) >= 11 is 0. The molecule has 4 heteroatoms. The van der Waals surface area contributed by atoms with E-state index in [1.807, 2.05) is 13.8 Å². The molecule has 0 bridgehead atoms. The molecule has 0 amide bonds. The number of benzene rings is 1. The number of rotatable bonds is 7. The van der Waals surface area contributed by atoms with E-state index in [9.17, 15) is 0 Å². The van der Waals surface area contributed by atoms with Crippen LogP contribution in [0.15, 0.2) is 29.4 Å². The maximum atomic E-state index is 8.72. The van der Waals surface area contributed by atoms with Gasteiger partial charge in [-0.05, 0) is 30.5 Å². The lowest BCUT2D eigenvalue weighted by atomic mass is 9.88. The Morgan fingerprint density at radius 3 is 2.53 bits per heavy atom. The fraction of sp³-hybridized carbons (Fsp3) is 0.533. The summed E-state index contributed by atoms with van der Waals surface area (Å²) in [5.41, 5.74) is 8.10. The average Bonchev–Trinajstić information content (AvgIpc) is 2.43. The van der Waals surface area contributed by atoms with Crippen LogP contribution in [0.25, 0.3) is 0 Å². The Bertz CT molecular complexity index is 427. The minimum atomic E-state index is -0.286. The second kappa shape index (κ2) is 7.14. The van der Waals surface area contributed by atoms with E-state index in [2.05, 4.69) is 41.7 Å². The molecular formula is C15H25N3O. The molecule has 1 aromatic rings. The van der Waals surface area contributed by atoms with Gasteiger partial charge in [-0.3, -0.25) is 0 Å². The van der Waals surface area contributed by atoms with Crippen molar-refractivity contribution < 1.29 is 5.21 Å². The summed E-state index contributed by atoms with van der Waals surface area (Å²) in [6.45, 7) is 7.81. The first-order valence-corrected chi connectivity index (χ1v) is 6.76. The number of nitrogens with one attached hydrogen (secondary N) is 1. The van der Waals surface area contributed by atoms with Crippen molar-refractivity contribution >= 4 is 5.84 Å². The highest BCUT2D eigenvalue weighted by Crippen LogP contribution is 2.19. The highest BCUT2D eigenvalue weighted by Gasteiger charge is 2.22. The Morgan fingerprint density at radius 2 is 1.95 bits per heavy atom. The van der Waals surface area contributed by atoms with Crippen LogP contribution in [0.5, 0.6) is 0 Å². The van der Waals surface area contributed by atoms with E-state index in [1.165, 1.54) is 11.1 Å². The summed E-state index contributed by atoms with van der Waals surface area (Å²) in [5, 5.41) is 15.2. The van der Waals surface area contributed by atoms with Crippen molar-refractivity contribution in [3.05, 3.63) is 35.4 Å². The van der Waals surface area contributed by atoms with E-state index in [0.717, 1.165) is 25.9 Å². The maximum Gasteiger partial charge on any atom is 0.144 e. The lowest BCUT2D eigenvalue weighted by molar-refractivity contribution is 0.305. The largest absolute Gasteiger partial charge is 0.409 e. The molecule has 0 saturated heterocycles. The molecule has 1 aromatic carbocycles. The Labute approximate surface area is 115 Å². The van der Waals surface area contributed by atoms with Gasteiger partial charge < -0.3 is 16.3 Å². The lowest BCUT2D eigenvalue weighted by Crippen LogP contribution is -2.34. The van der Waals surface area contributed by atoms with Gasteiger partial charge in [0, 0.05) is 12.0 Å². The van der Waals surface area contributed by atoms with Gasteiger partial charge in [0.15, 0.2) is 0 Å². The third-order valence-corrected chi connectivity index (χ3v) is 3.54. The summed E-state index contributed by atoms with van der Waals surface area (Å²) in [7, 11) is 0. The second-order valence-corrected chi connectivity index (χ2v) is 5.42. The second-order valence-electron chi connectivity index (χ2n) is 5.42. The molecule has 1 rings (SSSR count). The molecule has 0 aliphatic rings. The van der Waals surface area contributed by atoms with Crippen LogP contribution in [0.4, 0.5) is 0 Å². The molecule has 0 aliphatic heterocycles. The fourth-order valence-electron chi connectivity index (χ4n) is 1.96. The standard InChI is InChI=1S/C15H25N3O/c1-4-12-7-5-6-8-13(12)11-17-10-9-15(2,3)14(16)18-19/h5-8,17,19H,4,9-11H2,1-3H3,(H2,16,18). The number of hydrogen-bond donors (Lipinski definition) is 3. The van der Waals surface area contributed by atoms with Gasteiger partial charge in [0.2, 0.25) is 0 Å². The van der Waals surface area contributed by atoms with Gasteiger partial charge in [-0.1, -0.05) is 50.2 Å². The summed E-state index contributed by atoms with van der Waals surface area (Å²) in [6, 6.07) is 8.46. The van der Waals surface area contributed by atoms with Gasteiger partial charge >= 0.3 is 0 Å². The van der Waals surface area contributed by atoms with Crippen LogP contribution in [-0.4, -0.2) is 17.6 Å². The van der Waals surface area contributed by atoms with E-state index < -0.39 is 0 Å². The van der Waals surface area contributed by atoms with Crippen molar-refractivity contribution in [3.63, 3.8) is 0 Å². The van der Waals surface area contributed by atoms with Gasteiger partial charge in [-0.2, -0.15) is 0 Å². The van der Waals surface area contributed by atoms with Crippen molar-refractivity contribution in [2.75, 3.05) is 6.54 Å². The number of aryl methyl sites for hydroxylation is 1. The van der Waals surface area contributed by atoms with Crippen LogP contribution in [0.3, 0.4) is 0 Å². The van der Waals surface area contributed by atoms with Crippen LogP contribution >= 0.6 is 0 Å². The van der Waals surface area contributed by atoms with E-state index in [-0.39, 0.29) is 11.3 Å². The van der Waals surface area contributed by atoms with E-state index in [4.69, 9.17) is 10.9 Å². The van der Waals surface area contributed by atoms with Gasteiger partial charge in [0.05, 0.1) is 0 Å². The van der Waals surface area contributed by atoms with Crippen LogP contribution in [0, 0.1) is 5.41 Å². The minimum absolute atomic E-state index is 0.281. The number of nitrogens with two attached hydrogens (primary N) is 1. The third kappa shape index (κ3) is 4.56. The number of nitrogens with zero attached hydrogens (tertiary/aromatic N) is 1. The molecule has 0 radical (unpaired) electrons. The predicted octanol–water partition coefficient (Wildman–Crippen LogP) is 2.50. The van der Waals surface area contributed by atoms with Crippen molar-refractivity contribution in [3.8, 4) is 0 Å². The minimum Gasteiger partial charge on any atom is -0.409 e. The normalized spacial score (nSPS) is 12.7. The first kappa shape index (κ1) is 15.5. The Balaban J connectivity index is 2.43. The zero-order chi connectivity index (χ0) is 14.3. The topological polar surface area (TPSA) is 70.6 Å².